The van der Waals surface area contributed by atoms with E-state index in [4.69, 9.17) is 4.74 Å². The van der Waals surface area contributed by atoms with E-state index in [0.717, 1.165) is 54.7 Å². The molecule has 0 amide bonds. The maximum absolute atomic E-state index is 13.1. The molecule has 2 aromatic rings. The summed E-state index contributed by atoms with van der Waals surface area (Å²) in [5.41, 5.74) is 3.49. The number of fused-ring (bicyclic) bond motifs is 1. The highest BCUT2D eigenvalue weighted by Gasteiger charge is 2.33. The van der Waals surface area contributed by atoms with E-state index in [1.54, 1.807) is 0 Å². The van der Waals surface area contributed by atoms with Crippen LogP contribution in [-0.2, 0) is 22.5 Å². The van der Waals surface area contributed by atoms with Crippen molar-refractivity contribution in [3.63, 3.8) is 0 Å². The fourth-order valence-corrected chi connectivity index (χ4v) is 4.21. The molecule has 5 heteroatoms. The molecule has 134 valence electrons. The first-order chi connectivity index (χ1) is 12.0. The van der Waals surface area contributed by atoms with Gasteiger partial charge in [-0.25, -0.2) is 0 Å². The Labute approximate surface area is 152 Å². The van der Waals surface area contributed by atoms with Crippen molar-refractivity contribution >= 4 is 23.1 Å². The predicted octanol–water partition coefficient (Wildman–Crippen LogP) is 4.56. The van der Waals surface area contributed by atoms with Gasteiger partial charge in [0.2, 0.25) is 5.78 Å². The van der Waals surface area contributed by atoms with Crippen molar-refractivity contribution < 1.29 is 14.3 Å². The first-order valence-electron chi connectivity index (χ1n) is 9.02. The minimum absolute atomic E-state index is 0.0637. The lowest BCUT2D eigenvalue weighted by atomic mass is 9.96. The molecule has 3 rings (SSSR count). The predicted molar refractivity (Wildman–Crippen MR) is 99.4 cm³/mol. The van der Waals surface area contributed by atoms with Crippen LogP contribution in [0.4, 0.5) is 0 Å². The van der Waals surface area contributed by atoms with E-state index in [9.17, 15) is 9.59 Å². The molecule has 0 bridgehead atoms. The molecular weight excluding hydrogens is 334 g/mol. The number of hydrogen-bond acceptors (Lipinski definition) is 4. The Morgan fingerprint density at radius 3 is 2.84 bits per heavy atom. The lowest BCUT2D eigenvalue weighted by Gasteiger charge is -2.25. The molecule has 4 nitrogen and oxygen atoms in total. The van der Waals surface area contributed by atoms with Crippen molar-refractivity contribution in [1.82, 2.24) is 4.57 Å². The number of ketones is 1. The van der Waals surface area contributed by atoms with Crippen LogP contribution in [0, 0.1) is 0 Å². The highest BCUT2D eigenvalue weighted by molar-refractivity contribution is 7.08. The molecule has 0 aromatic carbocycles. The van der Waals surface area contributed by atoms with Gasteiger partial charge >= 0.3 is 5.97 Å². The van der Waals surface area contributed by atoms with Gasteiger partial charge in [-0.3, -0.25) is 9.59 Å². The van der Waals surface area contributed by atoms with Gasteiger partial charge in [0.05, 0.1) is 17.7 Å². The number of esters is 1. The van der Waals surface area contributed by atoms with Gasteiger partial charge in [-0.15, -0.1) is 0 Å². The average molecular weight is 359 g/mol. The Balaban J connectivity index is 2.03. The summed E-state index contributed by atoms with van der Waals surface area (Å²) < 4.78 is 7.52. The second-order valence-corrected chi connectivity index (χ2v) is 7.65. The number of thiophene rings is 1. The third-order valence-corrected chi connectivity index (χ3v) is 5.28. The van der Waals surface area contributed by atoms with E-state index in [-0.39, 0.29) is 23.8 Å². The highest BCUT2D eigenvalue weighted by atomic mass is 32.1. The van der Waals surface area contributed by atoms with E-state index < -0.39 is 0 Å². The third-order valence-electron chi connectivity index (χ3n) is 4.59. The van der Waals surface area contributed by atoms with Crippen LogP contribution in [0.15, 0.2) is 22.9 Å². The quantitative estimate of drug-likeness (QED) is 0.561. The molecule has 0 N–H and O–H groups in total. The van der Waals surface area contributed by atoms with Gasteiger partial charge in [0.25, 0.3) is 0 Å². The van der Waals surface area contributed by atoms with Crippen molar-refractivity contribution in [2.24, 2.45) is 0 Å². The number of aromatic nitrogens is 1. The smallest absolute Gasteiger partial charge is 0.315 e. The van der Waals surface area contributed by atoms with Gasteiger partial charge in [-0.2, -0.15) is 11.3 Å². The Kier molecular flexibility index (Phi) is 5.42. The summed E-state index contributed by atoms with van der Waals surface area (Å²) in [6.45, 7) is 6.64. The van der Waals surface area contributed by atoms with Gasteiger partial charge in [-0.05, 0) is 56.2 Å². The van der Waals surface area contributed by atoms with E-state index >= 15 is 0 Å². The lowest BCUT2D eigenvalue weighted by molar-refractivity contribution is -0.149. The van der Waals surface area contributed by atoms with E-state index in [1.165, 1.54) is 11.3 Å². The standard InChI is InChI=1S/C20H25NO3S/c1-4-6-14-11-17-16(20(23)24-13(2)3)7-5-9-21(17)18(14)19(22)15-8-10-25-12-15/h8,10-13,16H,4-7,9H2,1-3H3. The van der Waals surface area contributed by atoms with Crippen LogP contribution in [0.2, 0.25) is 0 Å². The maximum atomic E-state index is 13.1. The fraction of sp³-hybridized carbons (Fsp3) is 0.500. The molecule has 0 radical (unpaired) electrons. The molecule has 0 spiro atoms. The summed E-state index contributed by atoms with van der Waals surface area (Å²) in [6, 6.07) is 3.94. The van der Waals surface area contributed by atoms with Gasteiger partial charge in [-0.1, -0.05) is 13.3 Å². The Morgan fingerprint density at radius 1 is 1.40 bits per heavy atom. The molecule has 1 unspecified atom stereocenters. The molecule has 1 aliphatic rings. The first kappa shape index (κ1) is 17.9. The molecule has 25 heavy (non-hydrogen) atoms. The van der Waals surface area contributed by atoms with Crippen LogP contribution in [0.5, 0.6) is 0 Å². The van der Waals surface area contributed by atoms with Crippen LogP contribution in [-0.4, -0.2) is 22.4 Å². The van der Waals surface area contributed by atoms with Crippen LogP contribution < -0.4 is 0 Å². The molecular formula is C20H25NO3S. The molecule has 0 saturated heterocycles. The third kappa shape index (κ3) is 3.56. The molecule has 0 fully saturated rings. The Hall–Kier alpha value is -1.88. The Morgan fingerprint density at radius 2 is 2.20 bits per heavy atom. The molecule has 0 aliphatic carbocycles. The van der Waals surface area contributed by atoms with Crippen molar-refractivity contribution in [1.29, 1.82) is 0 Å². The second-order valence-electron chi connectivity index (χ2n) is 6.87. The van der Waals surface area contributed by atoms with Crippen molar-refractivity contribution in [3.05, 3.63) is 45.4 Å². The van der Waals surface area contributed by atoms with Crippen LogP contribution in [0.3, 0.4) is 0 Å². The average Bonchev–Trinajstić information content (AvgIpc) is 3.21. The van der Waals surface area contributed by atoms with Crippen LogP contribution in [0.1, 0.15) is 73.3 Å². The number of carbonyl (C=O) groups is 2. The number of carbonyl (C=O) groups excluding carboxylic acids is 2. The molecule has 1 aliphatic heterocycles. The summed E-state index contributed by atoms with van der Waals surface area (Å²) in [6.07, 6.45) is 3.35. The van der Waals surface area contributed by atoms with E-state index in [0.29, 0.717) is 0 Å². The van der Waals surface area contributed by atoms with Crippen LogP contribution in [0.25, 0.3) is 0 Å². The summed E-state index contributed by atoms with van der Waals surface area (Å²) in [5, 5.41) is 3.82. The lowest BCUT2D eigenvalue weighted by Crippen LogP contribution is -2.27. The topological polar surface area (TPSA) is 48.3 Å². The first-order valence-corrected chi connectivity index (χ1v) is 9.96. The number of ether oxygens (including phenoxy) is 1. The van der Waals surface area contributed by atoms with Gasteiger partial charge < -0.3 is 9.30 Å². The number of nitrogens with zero attached hydrogens (tertiary/aromatic N) is 1. The molecule has 3 heterocycles. The molecule has 2 aromatic heterocycles. The summed E-state index contributed by atoms with van der Waals surface area (Å²) in [4.78, 5) is 25.6. The summed E-state index contributed by atoms with van der Waals surface area (Å²) in [7, 11) is 0. The molecule has 0 saturated carbocycles. The van der Waals surface area contributed by atoms with Gasteiger partial charge in [0.15, 0.2) is 0 Å². The van der Waals surface area contributed by atoms with Gasteiger partial charge in [0.1, 0.15) is 0 Å². The SMILES string of the molecule is CCCc1cc2n(c1C(=O)c1ccsc1)CCCC2C(=O)OC(C)C. The normalized spacial score (nSPS) is 16.7. The zero-order chi connectivity index (χ0) is 18.0. The van der Waals surface area contributed by atoms with Crippen molar-refractivity contribution in [3.8, 4) is 0 Å². The summed E-state index contributed by atoms with van der Waals surface area (Å²) in [5.74, 6) is -0.379. The van der Waals surface area contributed by atoms with Crippen molar-refractivity contribution in [2.75, 3.05) is 0 Å². The van der Waals surface area contributed by atoms with Crippen LogP contribution >= 0.6 is 11.3 Å². The maximum Gasteiger partial charge on any atom is 0.315 e. The number of hydrogen-bond donors (Lipinski definition) is 0. The monoisotopic (exact) mass is 359 g/mol. The van der Waals surface area contributed by atoms with Gasteiger partial charge in [0, 0.05) is 23.2 Å². The summed E-state index contributed by atoms with van der Waals surface area (Å²) >= 11 is 1.53. The second kappa shape index (κ2) is 7.56. The highest BCUT2D eigenvalue weighted by Crippen LogP contribution is 2.34. The minimum atomic E-state index is -0.268. The zero-order valence-electron chi connectivity index (χ0n) is 15.1. The van der Waals surface area contributed by atoms with E-state index in [1.807, 2.05) is 30.7 Å². The van der Waals surface area contributed by atoms with Crippen molar-refractivity contribution in [2.45, 2.75) is 65.0 Å². The number of aryl methyl sites for hydroxylation is 1. The largest absolute Gasteiger partial charge is 0.462 e. The minimum Gasteiger partial charge on any atom is -0.462 e. The Bertz CT molecular complexity index is 758. The fourth-order valence-electron chi connectivity index (χ4n) is 3.57. The van der Waals surface area contributed by atoms with E-state index in [2.05, 4.69) is 17.6 Å². The number of rotatable bonds is 6. The zero-order valence-corrected chi connectivity index (χ0v) is 15.9. The molecule has 1 atom stereocenters.